The van der Waals surface area contributed by atoms with Crippen molar-refractivity contribution >= 4 is 39.7 Å². The number of allylic oxidation sites excluding steroid dienone is 1. The lowest BCUT2D eigenvalue weighted by atomic mass is 10.0. The molecule has 0 aliphatic heterocycles. The van der Waals surface area contributed by atoms with Crippen molar-refractivity contribution in [2.24, 2.45) is 0 Å². The molecule has 0 atom stereocenters. The second kappa shape index (κ2) is 4.24. The number of carbonyl (C=O) groups excluding carboxylic acids is 1. The third kappa shape index (κ3) is 1.66. The van der Waals surface area contributed by atoms with Gasteiger partial charge >= 0.3 is 0 Å². The molecule has 1 aliphatic rings. The molecule has 18 heavy (non-hydrogen) atoms. The summed E-state index contributed by atoms with van der Waals surface area (Å²) in [6, 6.07) is 14.7. The Labute approximate surface area is 118 Å². The van der Waals surface area contributed by atoms with Gasteiger partial charge in [0.05, 0.1) is 5.57 Å². The first-order chi connectivity index (χ1) is 8.68. The number of aliphatic hydroxyl groups is 1. The number of hydrogen-bond donors (Lipinski definition) is 1. The summed E-state index contributed by atoms with van der Waals surface area (Å²) in [7, 11) is 0. The second-order valence-corrected chi connectivity index (χ2v) is 5.35. The van der Waals surface area contributed by atoms with Gasteiger partial charge in [0.25, 0.3) is 0 Å². The molecule has 0 fully saturated rings. The number of benzene rings is 2. The van der Waals surface area contributed by atoms with Crippen LogP contribution in [-0.4, -0.2) is 10.9 Å². The molecule has 0 heterocycles. The smallest absolute Gasteiger partial charge is 0.198 e. The van der Waals surface area contributed by atoms with E-state index in [1.54, 1.807) is 18.2 Å². The minimum atomic E-state index is -0.107. The summed E-state index contributed by atoms with van der Waals surface area (Å²) in [5.74, 6) is -0.0267. The molecule has 2 aromatic rings. The van der Waals surface area contributed by atoms with Gasteiger partial charge in [-0.05, 0) is 40.3 Å². The van der Waals surface area contributed by atoms with Crippen LogP contribution >= 0.6 is 22.6 Å². The van der Waals surface area contributed by atoms with Gasteiger partial charge < -0.3 is 5.11 Å². The highest BCUT2D eigenvalue weighted by Gasteiger charge is 2.29. The molecule has 3 rings (SSSR count). The fourth-order valence-corrected chi connectivity index (χ4v) is 2.51. The fourth-order valence-electron chi connectivity index (χ4n) is 2.15. The molecular weight excluding hydrogens is 339 g/mol. The largest absolute Gasteiger partial charge is 0.507 e. The first-order valence-corrected chi connectivity index (χ1v) is 6.59. The molecule has 0 saturated carbocycles. The molecule has 0 aromatic heterocycles. The van der Waals surface area contributed by atoms with Gasteiger partial charge in [-0.2, -0.15) is 0 Å². The maximum atomic E-state index is 12.3. The summed E-state index contributed by atoms with van der Waals surface area (Å²) < 4.78 is 1.10. The topological polar surface area (TPSA) is 37.3 Å². The number of aliphatic hydroxyl groups excluding tert-OH is 1. The summed E-state index contributed by atoms with van der Waals surface area (Å²) in [4.78, 5) is 12.3. The molecule has 0 unspecified atom stereocenters. The molecule has 88 valence electrons. The minimum Gasteiger partial charge on any atom is -0.507 e. The number of ketones is 1. The van der Waals surface area contributed by atoms with Gasteiger partial charge in [0, 0.05) is 14.7 Å². The SMILES string of the molecule is O=C1C(c2ccc(I)cc2)=C(O)c2ccccc21. The van der Waals surface area contributed by atoms with Crippen LogP contribution in [-0.2, 0) is 0 Å². The zero-order valence-electron chi connectivity index (χ0n) is 9.35. The Morgan fingerprint density at radius 3 is 2.11 bits per heavy atom. The van der Waals surface area contributed by atoms with Crippen molar-refractivity contribution in [3.8, 4) is 0 Å². The Morgan fingerprint density at radius 1 is 0.889 bits per heavy atom. The summed E-state index contributed by atoms with van der Waals surface area (Å²) in [6.07, 6.45) is 0. The van der Waals surface area contributed by atoms with Crippen molar-refractivity contribution in [3.63, 3.8) is 0 Å². The van der Waals surface area contributed by atoms with Crippen molar-refractivity contribution in [1.82, 2.24) is 0 Å². The van der Waals surface area contributed by atoms with E-state index in [1.165, 1.54) is 0 Å². The maximum absolute atomic E-state index is 12.3. The van der Waals surface area contributed by atoms with Crippen LogP contribution < -0.4 is 0 Å². The average Bonchev–Trinajstić information content (AvgIpc) is 2.64. The Hall–Kier alpha value is -1.62. The quantitative estimate of drug-likeness (QED) is 0.794. The first-order valence-electron chi connectivity index (χ1n) is 5.52. The van der Waals surface area contributed by atoms with Crippen molar-refractivity contribution in [1.29, 1.82) is 0 Å². The van der Waals surface area contributed by atoms with Gasteiger partial charge in [-0.25, -0.2) is 0 Å². The van der Waals surface area contributed by atoms with Crippen LogP contribution in [0, 0.1) is 3.57 Å². The van der Waals surface area contributed by atoms with Crippen LogP contribution in [0.15, 0.2) is 48.5 Å². The van der Waals surface area contributed by atoms with Crippen molar-refractivity contribution in [2.75, 3.05) is 0 Å². The highest BCUT2D eigenvalue weighted by molar-refractivity contribution is 14.1. The third-order valence-electron chi connectivity index (χ3n) is 3.02. The van der Waals surface area contributed by atoms with Crippen LogP contribution in [0.25, 0.3) is 11.3 Å². The van der Waals surface area contributed by atoms with Crippen LogP contribution in [0.4, 0.5) is 0 Å². The summed E-state index contributed by atoms with van der Waals surface area (Å²) in [6.45, 7) is 0. The second-order valence-electron chi connectivity index (χ2n) is 4.11. The van der Waals surface area contributed by atoms with Crippen molar-refractivity contribution in [3.05, 3.63) is 68.8 Å². The Balaban J connectivity index is 2.18. The van der Waals surface area contributed by atoms with Crippen molar-refractivity contribution in [2.45, 2.75) is 0 Å². The van der Waals surface area contributed by atoms with E-state index in [4.69, 9.17) is 0 Å². The minimum absolute atomic E-state index is 0.0804. The molecule has 0 radical (unpaired) electrons. The third-order valence-corrected chi connectivity index (χ3v) is 3.74. The standard InChI is InChI=1S/C15H9IO2/c16-10-7-5-9(6-8-10)13-14(17)11-3-1-2-4-12(11)15(13)18/h1-8,17H. The lowest BCUT2D eigenvalue weighted by Gasteiger charge is -2.02. The molecule has 1 aliphatic carbocycles. The van der Waals surface area contributed by atoms with E-state index in [0.717, 1.165) is 9.13 Å². The summed E-state index contributed by atoms with van der Waals surface area (Å²) in [5, 5.41) is 10.2. The van der Waals surface area contributed by atoms with E-state index >= 15 is 0 Å². The zero-order valence-corrected chi connectivity index (χ0v) is 11.5. The number of hydrogen-bond acceptors (Lipinski definition) is 2. The number of carbonyl (C=O) groups is 1. The zero-order chi connectivity index (χ0) is 12.7. The number of halogens is 1. The first kappa shape index (κ1) is 11.5. The Morgan fingerprint density at radius 2 is 1.50 bits per heavy atom. The van der Waals surface area contributed by atoms with E-state index in [1.807, 2.05) is 30.3 Å². The number of rotatable bonds is 1. The van der Waals surface area contributed by atoms with E-state index in [-0.39, 0.29) is 11.5 Å². The molecule has 0 saturated heterocycles. The summed E-state index contributed by atoms with van der Waals surface area (Å²) >= 11 is 2.21. The van der Waals surface area contributed by atoms with E-state index < -0.39 is 0 Å². The molecular formula is C15H9IO2. The van der Waals surface area contributed by atoms with Crippen LogP contribution in [0.5, 0.6) is 0 Å². The van der Waals surface area contributed by atoms with Crippen molar-refractivity contribution < 1.29 is 9.90 Å². The molecule has 1 N–H and O–H groups in total. The predicted molar refractivity (Wildman–Crippen MR) is 79.4 cm³/mol. The molecule has 0 bridgehead atoms. The van der Waals surface area contributed by atoms with Gasteiger partial charge in [0.15, 0.2) is 5.78 Å². The van der Waals surface area contributed by atoms with Gasteiger partial charge in [0.2, 0.25) is 0 Å². The molecule has 0 amide bonds. The maximum Gasteiger partial charge on any atom is 0.198 e. The highest BCUT2D eigenvalue weighted by atomic mass is 127. The molecule has 3 heteroatoms. The Kier molecular flexibility index (Phi) is 2.70. The average molecular weight is 348 g/mol. The predicted octanol–water partition coefficient (Wildman–Crippen LogP) is 3.91. The monoisotopic (exact) mass is 348 g/mol. The van der Waals surface area contributed by atoms with Gasteiger partial charge in [-0.15, -0.1) is 0 Å². The number of fused-ring (bicyclic) bond motifs is 1. The lowest BCUT2D eigenvalue weighted by molar-refractivity contribution is 0.105. The molecule has 0 spiro atoms. The fraction of sp³-hybridized carbons (Fsp3) is 0. The van der Waals surface area contributed by atoms with Crippen LogP contribution in [0.1, 0.15) is 21.5 Å². The van der Waals surface area contributed by atoms with Crippen LogP contribution in [0.3, 0.4) is 0 Å². The number of Topliss-reactive ketones (excluding diaryl/α,β-unsaturated/α-hetero) is 1. The molecule has 2 nitrogen and oxygen atoms in total. The van der Waals surface area contributed by atoms with E-state index in [9.17, 15) is 9.90 Å². The van der Waals surface area contributed by atoms with Gasteiger partial charge in [-0.1, -0.05) is 36.4 Å². The van der Waals surface area contributed by atoms with Gasteiger partial charge in [-0.3, -0.25) is 4.79 Å². The van der Waals surface area contributed by atoms with Crippen LogP contribution in [0.2, 0.25) is 0 Å². The van der Waals surface area contributed by atoms with E-state index in [0.29, 0.717) is 16.7 Å². The van der Waals surface area contributed by atoms with Gasteiger partial charge in [0.1, 0.15) is 5.76 Å². The van der Waals surface area contributed by atoms with E-state index in [2.05, 4.69) is 22.6 Å². The lowest BCUT2D eigenvalue weighted by Crippen LogP contribution is -1.98. The Bertz CT molecular complexity index is 669. The highest BCUT2D eigenvalue weighted by Crippen LogP contribution is 2.36. The molecule has 2 aromatic carbocycles. The normalized spacial score (nSPS) is 13.9. The summed E-state index contributed by atoms with van der Waals surface area (Å²) in [5.41, 5.74) is 2.35.